The van der Waals surface area contributed by atoms with Crippen molar-refractivity contribution in [1.29, 1.82) is 0 Å². The minimum atomic E-state index is -1.17. The maximum atomic E-state index is 14.8. The number of methoxy groups -OCH3 is 1. The lowest BCUT2D eigenvalue weighted by atomic mass is 9.84. The van der Waals surface area contributed by atoms with Crippen LogP contribution >= 0.6 is 54.0 Å². The Morgan fingerprint density at radius 2 is 1.73 bits per heavy atom. The number of aromatic nitrogens is 2. The van der Waals surface area contributed by atoms with E-state index >= 15 is 0 Å². The minimum Gasteiger partial charge on any atom is -0.508 e. The summed E-state index contributed by atoms with van der Waals surface area (Å²) in [5.41, 5.74) is 9.55. The second-order valence-corrected chi connectivity index (χ2v) is 21.4. The number of likely N-dealkylation sites (tertiary alicyclic amines) is 1. The molecule has 8 rings (SSSR count). The fraction of sp³-hybridized carbons (Fsp3) is 0.536. The Kier molecular flexibility index (Phi) is 23.7. The van der Waals surface area contributed by atoms with Gasteiger partial charge in [-0.15, -0.1) is 0 Å². The van der Waals surface area contributed by atoms with Gasteiger partial charge in [-0.25, -0.2) is 5.43 Å². The third kappa shape index (κ3) is 15.1. The molecule has 3 saturated heterocycles. The molecule has 4 amide bonds. The largest absolute Gasteiger partial charge is 0.508 e. The van der Waals surface area contributed by atoms with Crippen molar-refractivity contribution in [2.75, 3.05) is 80.2 Å². The normalized spacial score (nSPS) is 20.2. The first kappa shape index (κ1) is 64.6. The lowest BCUT2D eigenvalue weighted by Gasteiger charge is -2.37. The van der Waals surface area contributed by atoms with Crippen LogP contribution < -0.4 is 10.7 Å². The highest BCUT2D eigenvalue weighted by atomic mass is 32.1. The molecule has 0 radical (unpaired) electrons. The van der Waals surface area contributed by atoms with E-state index in [0.717, 1.165) is 65.2 Å². The van der Waals surface area contributed by atoms with Crippen molar-refractivity contribution in [2.24, 2.45) is 17.3 Å². The van der Waals surface area contributed by atoms with Crippen molar-refractivity contribution >= 4 is 94.5 Å². The number of aromatic hydroxyl groups is 1. The molecule has 4 aliphatic heterocycles. The van der Waals surface area contributed by atoms with Crippen LogP contribution in [0.15, 0.2) is 54.7 Å². The van der Waals surface area contributed by atoms with E-state index in [1.165, 1.54) is 9.91 Å². The second kappa shape index (κ2) is 28.3. The Labute approximate surface area is 482 Å². The lowest BCUT2D eigenvalue weighted by Crippen LogP contribution is -2.62. The molecule has 2 aromatic heterocycles. The number of pyridine rings is 1. The van der Waals surface area contributed by atoms with Crippen LogP contribution in [0.25, 0.3) is 33.3 Å². The molecule has 4 aromatic rings. The highest BCUT2D eigenvalue weighted by molar-refractivity contribution is 7.59. The molecule has 0 unspecified atom stereocenters. The van der Waals surface area contributed by atoms with Crippen LogP contribution in [-0.2, 0) is 59.4 Å². The number of piperazine rings is 1. The van der Waals surface area contributed by atoms with Gasteiger partial charge in [-0.1, -0.05) is 45.7 Å². The summed E-state index contributed by atoms with van der Waals surface area (Å²) < 4.78 is 14.0. The summed E-state index contributed by atoms with van der Waals surface area (Å²) in [6.45, 7) is 16.1. The van der Waals surface area contributed by atoms with Gasteiger partial charge in [0.1, 0.15) is 23.9 Å². The first-order valence-electron chi connectivity index (χ1n) is 25.9. The van der Waals surface area contributed by atoms with E-state index in [2.05, 4.69) is 83.0 Å². The zero-order valence-electron chi connectivity index (χ0n) is 45.8. The van der Waals surface area contributed by atoms with Crippen molar-refractivity contribution in [1.82, 2.24) is 44.9 Å². The zero-order chi connectivity index (χ0) is 52.1. The molecule has 0 saturated carbocycles. The van der Waals surface area contributed by atoms with E-state index in [0.29, 0.717) is 63.1 Å². The Morgan fingerprint density at radius 3 is 2.43 bits per heavy atom. The maximum absolute atomic E-state index is 14.8. The van der Waals surface area contributed by atoms with Gasteiger partial charge in [0.2, 0.25) is 11.8 Å². The zero-order valence-corrected chi connectivity index (χ0v) is 49.8. The van der Waals surface area contributed by atoms with Crippen molar-refractivity contribution in [2.45, 2.75) is 98.0 Å². The van der Waals surface area contributed by atoms with Crippen LogP contribution in [0.4, 0.5) is 0 Å². The number of ether oxygens (including phenoxy) is 2. The summed E-state index contributed by atoms with van der Waals surface area (Å²) in [6.07, 6.45) is 3.67. The Morgan fingerprint density at radius 1 is 0.987 bits per heavy atom. The smallest absolute Gasteiger partial charge is 0.324 e. The molecule has 6 heterocycles. The number of esters is 1. The molecule has 17 nitrogen and oxygen atoms in total. The highest BCUT2D eigenvalue weighted by Gasteiger charge is 2.40. The molecule has 21 heteroatoms. The summed E-state index contributed by atoms with van der Waals surface area (Å²) in [6, 6.07) is 12.5. The predicted octanol–water partition coefficient (Wildman–Crippen LogP) is 4.92. The monoisotopic (exact) mass is 1140 g/mol. The molecule has 3 N–H and O–H groups in total. The maximum Gasteiger partial charge on any atom is 0.324 e. The topological polar surface area (TPSA) is 182 Å². The average Bonchev–Trinajstić information content (AvgIpc) is 3.98. The third-order valence-corrected chi connectivity index (χ3v) is 14.9. The standard InChI is InChI=1S/C56H73N9O8.4H2S/c1-9-64-48-17-16-38-31-43(48)44(51(64)42-13-10-19-57-47(42)34-72-8)32-56(4,5)35-73-55(71)45-14-11-21-65(59-45)54(70)46(29-37-27-40(38)30-41(66)28-37)58-52(68)50(36(2)3)61(7)53(69)39-18-22-63(33-39)49(67)15-12-20-62-25-23-60(6)24-26-62;;;;/h10,13,16-17,19,27-28,30-31,36,39,45-46,50,59,66H,9,11,14,18,20-26,29,32-35H2,1-8H3,(H,58,68);4*1H2/t39-,45-,46-,50-;;;;/m0..../s1. The number of carbonyl (C=O) groups is 5. The van der Waals surface area contributed by atoms with Crippen LogP contribution in [0, 0.1) is 29.1 Å². The molecule has 6 bridgehead atoms. The summed E-state index contributed by atoms with van der Waals surface area (Å²) >= 11 is 0. The first-order valence-corrected chi connectivity index (χ1v) is 25.9. The number of benzene rings is 2. The second-order valence-electron chi connectivity index (χ2n) is 21.4. The molecule has 0 spiro atoms. The van der Waals surface area contributed by atoms with Gasteiger partial charge in [-0.2, -0.15) is 54.0 Å². The lowest BCUT2D eigenvalue weighted by molar-refractivity contribution is -0.155. The molecule has 77 heavy (non-hydrogen) atoms. The third-order valence-electron chi connectivity index (χ3n) is 14.9. The highest BCUT2D eigenvalue weighted by Crippen LogP contribution is 2.41. The number of nitrogens with one attached hydrogen (secondary N) is 2. The summed E-state index contributed by atoms with van der Waals surface area (Å²) in [4.78, 5) is 83.1. The van der Waals surface area contributed by atoms with Crippen molar-refractivity contribution < 1.29 is 38.6 Å². The molecular formula is C56H81N9O8S4. The Balaban J connectivity index is 0.00000320. The van der Waals surface area contributed by atoms with Gasteiger partial charge >= 0.3 is 5.97 Å². The van der Waals surface area contributed by atoms with Gasteiger partial charge in [-0.3, -0.25) is 38.9 Å². The van der Waals surface area contributed by atoms with Gasteiger partial charge in [0.05, 0.1) is 37.1 Å². The van der Waals surface area contributed by atoms with E-state index in [9.17, 15) is 29.1 Å². The fourth-order valence-corrected chi connectivity index (χ4v) is 11.0. The van der Waals surface area contributed by atoms with Crippen LogP contribution in [0.5, 0.6) is 5.75 Å². The van der Waals surface area contributed by atoms with Crippen LogP contribution in [0.1, 0.15) is 70.7 Å². The number of carbonyl (C=O) groups excluding carboxylic acids is 5. The number of cyclic esters (lactones) is 1. The number of hydrogen-bond acceptors (Lipinski definition) is 12. The number of hydrogen-bond donors (Lipinski definition) is 3. The summed E-state index contributed by atoms with van der Waals surface area (Å²) in [7, 11) is 5.34. The molecule has 422 valence electrons. The van der Waals surface area contributed by atoms with Gasteiger partial charge in [0, 0.05) is 101 Å². The predicted molar refractivity (Wildman–Crippen MR) is 320 cm³/mol. The van der Waals surface area contributed by atoms with E-state index in [-0.39, 0.29) is 104 Å². The minimum absolute atomic E-state index is 0. The van der Waals surface area contributed by atoms with E-state index < -0.39 is 47.2 Å². The van der Waals surface area contributed by atoms with Crippen LogP contribution in [0.2, 0.25) is 0 Å². The van der Waals surface area contributed by atoms with Gasteiger partial charge in [0.15, 0.2) is 0 Å². The van der Waals surface area contributed by atoms with E-state index in [1.807, 2.05) is 32.0 Å². The number of likely N-dealkylation sites (N-methyl/N-ethyl adjacent to an activating group) is 2. The number of hydrazine groups is 1. The molecule has 4 atom stereocenters. The number of aryl methyl sites for hydroxylation is 1. The molecular weight excluding hydrogens is 1050 g/mol. The first-order chi connectivity index (χ1) is 34.9. The quantitative estimate of drug-likeness (QED) is 0.144. The van der Waals surface area contributed by atoms with Crippen molar-refractivity contribution in [3.63, 3.8) is 0 Å². The van der Waals surface area contributed by atoms with Gasteiger partial charge < -0.3 is 39.2 Å². The Bertz CT molecular complexity index is 2790. The molecule has 2 aromatic carbocycles. The van der Waals surface area contributed by atoms with Crippen LogP contribution in [0.3, 0.4) is 0 Å². The van der Waals surface area contributed by atoms with E-state index in [4.69, 9.17) is 14.5 Å². The molecule has 0 aliphatic carbocycles. The summed E-state index contributed by atoms with van der Waals surface area (Å²) in [5.74, 6) is 2.82. The van der Waals surface area contributed by atoms with E-state index in [1.54, 1.807) is 37.4 Å². The van der Waals surface area contributed by atoms with Crippen molar-refractivity contribution in [3.8, 4) is 40.0 Å². The van der Waals surface area contributed by atoms with Crippen molar-refractivity contribution in [3.05, 3.63) is 71.5 Å². The SMILES string of the molecule is CCn1c(-c2cccnc2COC)c2c3cc(ccc31)-c1cc(O)cc(c1)C[C@H](NC(=O)[C@H](C(C)C)N(C)C(=O)[C@H]1CCN(C(=O)C#CCN3CCN(C)CC3)C1)C(=O)N1CCC[C@H](N1)C(=O)OCC(C)(C)C2.S.S.S.S. The van der Waals surface area contributed by atoms with Gasteiger partial charge in [0.25, 0.3) is 11.8 Å². The fourth-order valence-electron chi connectivity index (χ4n) is 11.0. The number of rotatable bonds is 10. The molecule has 4 aliphatic rings. The Hall–Kier alpha value is -4.92. The van der Waals surface area contributed by atoms with Crippen LogP contribution in [-0.4, -0.2) is 167 Å². The molecule has 3 fully saturated rings. The number of amides is 4. The number of phenolic OH excluding ortho intramolecular Hbond substituents is 1. The number of nitrogens with zero attached hydrogens (tertiary/aromatic N) is 7. The number of phenols is 1. The summed E-state index contributed by atoms with van der Waals surface area (Å²) in [5, 5.41) is 16.8. The number of fused-ring (bicyclic) bond motifs is 6. The average molecular weight is 1140 g/mol. The van der Waals surface area contributed by atoms with Gasteiger partial charge in [-0.05, 0) is 110 Å².